The van der Waals surface area contributed by atoms with Crippen LogP contribution >= 0.6 is 0 Å². The number of hydrogen-bond donors (Lipinski definition) is 2. The molecule has 1 fully saturated rings. The summed E-state index contributed by atoms with van der Waals surface area (Å²) < 4.78 is 0. The summed E-state index contributed by atoms with van der Waals surface area (Å²) in [6.07, 6.45) is 4.23. The summed E-state index contributed by atoms with van der Waals surface area (Å²) in [5.41, 5.74) is 1.40. The molecule has 0 heterocycles. The summed E-state index contributed by atoms with van der Waals surface area (Å²) >= 11 is 0. The van der Waals surface area contributed by atoms with Gasteiger partial charge in [0.2, 0.25) is 11.8 Å². The number of nitrogens with zero attached hydrogens (tertiary/aromatic N) is 1. The fourth-order valence-electron chi connectivity index (χ4n) is 3.92. The number of amides is 2. The standard InChI is InChI=1S/C22H35N3O2/c1-16(2)23-21(26)14-25(15-22(27)24-17(3)4)20-12-10-19(11-13-20)18-8-6-5-7-9-18/h5-9,16-17,19-20H,10-15H2,1-4H3,(H,23,26)(H,24,27). The first kappa shape index (κ1) is 21.4. The second-order valence-corrected chi connectivity index (χ2v) is 8.27. The molecular formula is C22H35N3O2. The van der Waals surface area contributed by atoms with Crippen LogP contribution in [0, 0.1) is 0 Å². The number of rotatable bonds is 8. The Hall–Kier alpha value is -1.88. The highest BCUT2D eigenvalue weighted by atomic mass is 16.2. The van der Waals surface area contributed by atoms with E-state index in [1.54, 1.807) is 0 Å². The molecule has 5 nitrogen and oxygen atoms in total. The normalized spacial score (nSPS) is 20.1. The molecule has 0 saturated heterocycles. The Bertz CT molecular complexity index is 569. The Labute approximate surface area is 163 Å². The molecule has 150 valence electrons. The Morgan fingerprint density at radius 3 is 1.81 bits per heavy atom. The van der Waals surface area contributed by atoms with Crippen molar-refractivity contribution in [2.24, 2.45) is 0 Å². The van der Waals surface area contributed by atoms with E-state index in [2.05, 4.69) is 45.9 Å². The van der Waals surface area contributed by atoms with E-state index in [1.165, 1.54) is 5.56 Å². The van der Waals surface area contributed by atoms with Crippen LogP contribution in [-0.4, -0.2) is 47.9 Å². The Morgan fingerprint density at radius 2 is 1.37 bits per heavy atom. The molecule has 0 unspecified atom stereocenters. The predicted octanol–water partition coefficient (Wildman–Crippen LogP) is 3.06. The maximum Gasteiger partial charge on any atom is 0.234 e. The second-order valence-electron chi connectivity index (χ2n) is 8.27. The smallest absolute Gasteiger partial charge is 0.234 e. The third-order valence-corrected chi connectivity index (χ3v) is 5.08. The van der Waals surface area contributed by atoms with Gasteiger partial charge in [-0.15, -0.1) is 0 Å². The van der Waals surface area contributed by atoms with Gasteiger partial charge in [0.15, 0.2) is 0 Å². The average Bonchev–Trinajstić information content (AvgIpc) is 2.60. The molecule has 5 heteroatoms. The third kappa shape index (κ3) is 7.33. The molecule has 2 rings (SSSR count). The molecule has 1 saturated carbocycles. The summed E-state index contributed by atoms with van der Waals surface area (Å²) in [5, 5.41) is 5.90. The SMILES string of the molecule is CC(C)NC(=O)CN(CC(=O)NC(C)C)C1CCC(c2ccccc2)CC1. The molecule has 0 bridgehead atoms. The zero-order valence-corrected chi connectivity index (χ0v) is 17.2. The molecule has 27 heavy (non-hydrogen) atoms. The molecule has 1 aromatic rings. The van der Waals surface area contributed by atoms with Crippen molar-refractivity contribution < 1.29 is 9.59 Å². The van der Waals surface area contributed by atoms with Crippen molar-refractivity contribution in [3.05, 3.63) is 35.9 Å². The van der Waals surface area contributed by atoms with Crippen molar-refractivity contribution in [3.8, 4) is 0 Å². The molecule has 1 aliphatic carbocycles. The van der Waals surface area contributed by atoms with Crippen LogP contribution in [0.2, 0.25) is 0 Å². The van der Waals surface area contributed by atoms with Crippen LogP contribution in [0.25, 0.3) is 0 Å². The van der Waals surface area contributed by atoms with Gasteiger partial charge in [0.25, 0.3) is 0 Å². The number of carbonyl (C=O) groups is 2. The Kier molecular flexibility index (Phi) is 8.29. The van der Waals surface area contributed by atoms with Gasteiger partial charge < -0.3 is 10.6 Å². The van der Waals surface area contributed by atoms with Crippen LogP contribution in [0.5, 0.6) is 0 Å². The van der Waals surface area contributed by atoms with Crippen LogP contribution in [0.3, 0.4) is 0 Å². The van der Waals surface area contributed by atoms with Crippen molar-refractivity contribution in [3.63, 3.8) is 0 Å². The first-order valence-corrected chi connectivity index (χ1v) is 10.2. The van der Waals surface area contributed by atoms with Crippen molar-refractivity contribution in [2.75, 3.05) is 13.1 Å². The molecule has 0 aromatic heterocycles. The van der Waals surface area contributed by atoms with Crippen LogP contribution in [0.1, 0.15) is 64.9 Å². The van der Waals surface area contributed by atoms with E-state index >= 15 is 0 Å². The molecule has 1 aromatic carbocycles. The van der Waals surface area contributed by atoms with Crippen molar-refractivity contribution >= 4 is 11.8 Å². The highest BCUT2D eigenvalue weighted by Crippen LogP contribution is 2.34. The Morgan fingerprint density at radius 1 is 0.889 bits per heavy atom. The molecule has 0 aliphatic heterocycles. The van der Waals surface area contributed by atoms with E-state index < -0.39 is 0 Å². The summed E-state index contributed by atoms with van der Waals surface area (Å²) in [6, 6.07) is 11.2. The fraction of sp³-hybridized carbons (Fsp3) is 0.636. The molecular weight excluding hydrogens is 338 g/mol. The van der Waals surface area contributed by atoms with Gasteiger partial charge in [0.05, 0.1) is 13.1 Å². The van der Waals surface area contributed by atoms with Gasteiger partial charge in [-0.1, -0.05) is 30.3 Å². The van der Waals surface area contributed by atoms with Crippen LogP contribution in [0.4, 0.5) is 0 Å². The Balaban J connectivity index is 1.97. The van der Waals surface area contributed by atoms with Gasteiger partial charge in [-0.05, 0) is 64.9 Å². The van der Waals surface area contributed by atoms with E-state index in [9.17, 15) is 9.59 Å². The summed E-state index contributed by atoms with van der Waals surface area (Å²) in [4.78, 5) is 26.7. The maximum absolute atomic E-state index is 12.3. The fourth-order valence-corrected chi connectivity index (χ4v) is 3.92. The van der Waals surface area contributed by atoms with Crippen LogP contribution in [0.15, 0.2) is 30.3 Å². The molecule has 2 amide bonds. The highest BCUT2D eigenvalue weighted by Gasteiger charge is 2.29. The van der Waals surface area contributed by atoms with Crippen molar-refractivity contribution in [1.29, 1.82) is 0 Å². The molecule has 2 N–H and O–H groups in total. The van der Waals surface area contributed by atoms with Gasteiger partial charge in [-0.25, -0.2) is 0 Å². The minimum atomic E-state index is -0.00692. The zero-order valence-electron chi connectivity index (χ0n) is 17.2. The summed E-state index contributed by atoms with van der Waals surface area (Å²) in [6.45, 7) is 8.39. The molecule has 0 spiro atoms. The van der Waals surface area contributed by atoms with E-state index in [0.717, 1.165) is 25.7 Å². The number of benzene rings is 1. The van der Waals surface area contributed by atoms with E-state index in [0.29, 0.717) is 5.92 Å². The quantitative estimate of drug-likeness (QED) is 0.736. The number of carbonyl (C=O) groups excluding carboxylic acids is 2. The van der Waals surface area contributed by atoms with Gasteiger partial charge in [-0.3, -0.25) is 14.5 Å². The topological polar surface area (TPSA) is 61.4 Å². The van der Waals surface area contributed by atoms with Gasteiger partial charge in [0, 0.05) is 18.1 Å². The summed E-state index contributed by atoms with van der Waals surface area (Å²) in [5.74, 6) is 0.568. The van der Waals surface area contributed by atoms with E-state index in [-0.39, 0.29) is 43.0 Å². The largest absolute Gasteiger partial charge is 0.353 e. The number of nitrogens with one attached hydrogen (secondary N) is 2. The first-order valence-electron chi connectivity index (χ1n) is 10.2. The van der Waals surface area contributed by atoms with E-state index in [1.807, 2.05) is 27.7 Å². The molecule has 0 radical (unpaired) electrons. The third-order valence-electron chi connectivity index (χ3n) is 5.08. The monoisotopic (exact) mass is 373 g/mol. The predicted molar refractivity (Wildman–Crippen MR) is 110 cm³/mol. The van der Waals surface area contributed by atoms with Gasteiger partial charge >= 0.3 is 0 Å². The minimum absolute atomic E-state index is 0.00692. The van der Waals surface area contributed by atoms with Crippen LogP contribution in [-0.2, 0) is 9.59 Å². The lowest BCUT2D eigenvalue weighted by molar-refractivity contribution is -0.127. The molecule has 1 aliphatic rings. The minimum Gasteiger partial charge on any atom is -0.353 e. The van der Waals surface area contributed by atoms with Gasteiger partial charge in [0.1, 0.15) is 0 Å². The number of hydrogen-bond acceptors (Lipinski definition) is 3. The lowest BCUT2D eigenvalue weighted by atomic mass is 9.81. The highest BCUT2D eigenvalue weighted by molar-refractivity contribution is 5.81. The van der Waals surface area contributed by atoms with Crippen molar-refractivity contribution in [2.45, 2.75) is 77.4 Å². The summed E-state index contributed by atoms with van der Waals surface area (Å²) in [7, 11) is 0. The first-order chi connectivity index (χ1) is 12.8. The molecule has 0 atom stereocenters. The second kappa shape index (κ2) is 10.5. The van der Waals surface area contributed by atoms with Crippen molar-refractivity contribution in [1.82, 2.24) is 15.5 Å². The lowest BCUT2D eigenvalue weighted by Crippen LogP contribution is -2.50. The maximum atomic E-state index is 12.3. The van der Waals surface area contributed by atoms with E-state index in [4.69, 9.17) is 0 Å². The van der Waals surface area contributed by atoms with Gasteiger partial charge in [-0.2, -0.15) is 0 Å². The average molecular weight is 374 g/mol. The lowest BCUT2D eigenvalue weighted by Gasteiger charge is -2.36. The van der Waals surface area contributed by atoms with Crippen LogP contribution < -0.4 is 10.6 Å². The zero-order chi connectivity index (χ0) is 19.8.